The third-order valence-electron chi connectivity index (χ3n) is 5.91. The third kappa shape index (κ3) is 6.30. The van der Waals surface area contributed by atoms with Gasteiger partial charge in [-0.15, -0.1) is 0 Å². The number of thioether (sulfide) groups is 1. The van der Waals surface area contributed by atoms with Crippen LogP contribution in [0.4, 0.5) is 4.79 Å². The van der Waals surface area contributed by atoms with E-state index < -0.39 is 17.1 Å². The maximum absolute atomic E-state index is 12.8. The van der Waals surface area contributed by atoms with Crippen molar-refractivity contribution in [1.29, 1.82) is 0 Å². The number of ether oxygens (including phenoxy) is 1. The summed E-state index contributed by atoms with van der Waals surface area (Å²) in [5, 5.41) is 8.53. The van der Waals surface area contributed by atoms with E-state index in [1.807, 2.05) is 0 Å². The Labute approximate surface area is 207 Å². The molecule has 3 amide bonds. The first kappa shape index (κ1) is 24.5. The van der Waals surface area contributed by atoms with Crippen LogP contribution in [0.15, 0.2) is 53.4 Å². The fourth-order valence-corrected chi connectivity index (χ4v) is 4.75. The number of aromatic carboxylic acids is 1. The van der Waals surface area contributed by atoms with E-state index >= 15 is 0 Å². The third-order valence-corrected chi connectivity index (χ3v) is 6.82. The van der Waals surface area contributed by atoms with Gasteiger partial charge in [0.25, 0.3) is 11.1 Å². The molecule has 2 fully saturated rings. The molecule has 0 aliphatic carbocycles. The topological polar surface area (TPSA) is 104 Å². The molecule has 0 atom stereocenters. The Morgan fingerprint density at radius 1 is 0.943 bits per heavy atom. The zero-order valence-corrected chi connectivity index (χ0v) is 20.0. The van der Waals surface area contributed by atoms with Crippen molar-refractivity contribution >= 4 is 40.9 Å². The van der Waals surface area contributed by atoms with Gasteiger partial charge in [0.15, 0.2) is 0 Å². The molecule has 2 aliphatic rings. The minimum Gasteiger partial charge on any atom is -0.489 e. The molecule has 2 saturated heterocycles. The molecule has 0 saturated carbocycles. The number of rotatable bonds is 7. The molecule has 2 aliphatic heterocycles. The SMILES string of the molecule is O=C(O)c1ccc(COc2ccc(C=C3SC(=O)N(CC(=O)N4CCCCCC4)C3=O)cc2)cc1. The van der Waals surface area contributed by atoms with Crippen molar-refractivity contribution < 1.29 is 29.0 Å². The van der Waals surface area contributed by atoms with E-state index in [2.05, 4.69) is 0 Å². The first-order valence-corrected chi connectivity index (χ1v) is 12.3. The Balaban J connectivity index is 1.34. The lowest BCUT2D eigenvalue weighted by Gasteiger charge is -2.22. The molecule has 8 nitrogen and oxygen atoms in total. The summed E-state index contributed by atoms with van der Waals surface area (Å²) in [5.41, 5.74) is 1.78. The molecule has 1 N–H and O–H groups in total. The zero-order valence-electron chi connectivity index (χ0n) is 19.1. The molecule has 2 heterocycles. The standard InChI is InChI=1S/C26H26N2O6S/c29-23(27-13-3-1-2-4-14-27)16-28-24(30)22(35-26(28)33)15-18-7-11-21(12-8-18)34-17-19-5-9-20(10-6-19)25(31)32/h5-12,15H,1-4,13-14,16-17H2,(H,31,32). The quantitative estimate of drug-likeness (QED) is 0.569. The van der Waals surface area contributed by atoms with Gasteiger partial charge in [0, 0.05) is 13.1 Å². The van der Waals surface area contributed by atoms with Crippen molar-refractivity contribution in [3.05, 3.63) is 70.1 Å². The minimum absolute atomic E-state index is 0.186. The van der Waals surface area contributed by atoms with Crippen molar-refractivity contribution in [1.82, 2.24) is 9.80 Å². The number of imide groups is 1. The predicted molar refractivity (Wildman–Crippen MR) is 132 cm³/mol. The fraction of sp³-hybridized carbons (Fsp3) is 0.308. The van der Waals surface area contributed by atoms with E-state index in [4.69, 9.17) is 9.84 Å². The molecule has 0 spiro atoms. The number of carbonyl (C=O) groups is 4. The summed E-state index contributed by atoms with van der Waals surface area (Å²) in [5.74, 6) is -1.00. The number of carboxylic acids is 1. The summed E-state index contributed by atoms with van der Waals surface area (Å²) in [4.78, 5) is 51.8. The van der Waals surface area contributed by atoms with Gasteiger partial charge in [-0.05, 0) is 66.1 Å². The van der Waals surface area contributed by atoms with Crippen molar-refractivity contribution in [2.75, 3.05) is 19.6 Å². The Hall–Kier alpha value is -3.59. The highest BCUT2D eigenvalue weighted by Crippen LogP contribution is 2.32. The van der Waals surface area contributed by atoms with Crippen LogP contribution in [0.25, 0.3) is 6.08 Å². The van der Waals surface area contributed by atoms with Gasteiger partial charge in [-0.2, -0.15) is 0 Å². The van der Waals surface area contributed by atoms with E-state index in [9.17, 15) is 19.2 Å². The smallest absolute Gasteiger partial charge is 0.335 e. The molecular weight excluding hydrogens is 468 g/mol. The van der Waals surface area contributed by atoms with Crippen molar-refractivity contribution in [2.45, 2.75) is 32.3 Å². The molecule has 2 aromatic rings. The van der Waals surface area contributed by atoms with Gasteiger partial charge >= 0.3 is 5.97 Å². The van der Waals surface area contributed by atoms with Crippen molar-refractivity contribution in [3.8, 4) is 5.75 Å². The Morgan fingerprint density at radius 3 is 2.23 bits per heavy atom. The van der Waals surface area contributed by atoms with E-state index in [0.29, 0.717) is 18.8 Å². The highest BCUT2D eigenvalue weighted by atomic mass is 32.2. The van der Waals surface area contributed by atoms with E-state index in [-0.39, 0.29) is 29.5 Å². The summed E-state index contributed by atoms with van der Waals surface area (Å²) in [6.45, 7) is 1.41. The number of benzene rings is 2. The normalized spacial score (nSPS) is 17.5. The van der Waals surface area contributed by atoms with Gasteiger partial charge in [0.2, 0.25) is 5.91 Å². The van der Waals surface area contributed by atoms with E-state index in [1.165, 1.54) is 12.1 Å². The minimum atomic E-state index is -0.977. The van der Waals surface area contributed by atoms with Crippen LogP contribution >= 0.6 is 11.8 Å². The highest BCUT2D eigenvalue weighted by molar-refractivity contribution is 8.18. The fourth-order valence-electron chi connectivity index (χ4n) is 3.91. The average molecular weight is 495 g/mol. The van der Waals surface area contributed by atoms with Crippen LogP contribution in [-0.2, 0) is 16.2 Å². The molecule has 2 aromatic carbocycles. The molecule has 0 radical (unpaired) electrons. The lowest BCUT2D eigenvalue weighted by molar-refractivity contribution is -0.135. The second-order valence-corrected chi connectivity index (χ2v) is 9.42. The number of likely N-dealkylation sites (tertiary alicyclic amines) is 1. The van der Waals surface area contributed by atoms with Crippen molar-refractivity contribution in [3.63, 3.8) is 0 Å². The van der Waals surface area contributed by atoms with E-state index in [0.717, 1.165) is 53.5 Å². The van der Waals surface area contributed by atoms with Crippen molar-refractivity contribution in [2.24, 2.45) is 0 Å². The maximum atomic E-state index is 12.8. The molecular formula is C26H26N2O6S. The summed E-state index contributed by atoms with van der Waals surface area (Å²) >= 11 is 0.839. The van der Waals surface area contributed by atoms with Crippen LogP contribution in [-0.4, -0.2) is 57.6 Å². The number of carbonyl (C=O) groups excluding carboxylic acids is 3. The Kier molecular flexibility index (Phi) is 7.87. The number of carboxylic acid groups (broad SMARTS) is 1. The van der Waals surface area contributed by atoms with Crippen LogP contribution in [0.5, 0.6) is 5.75 Å². The first-order valence-electron chi connectivity index (χ1n) is 11.5. The number of amides is 3. The zero-order chi connectivity index (χ0) is 24.8. The lowest BCUT2D eigenvalue weighted by atomic mass is 10.1. The van der Waals surface area contributed by atoms with E-state index in [1.54, 1.807) is 47.4 Å². The second kappa shape index (κ2) is 11.2. The lowest BCUT2D eigenvalue weighted by Crippen LogP contribution is -2.42. The van der Waals surface area contributed by atoms with Crippen LogP contribution < -0.4 is 4.74 Å². The predicted octanol–water partition coefficient (Wildman–Crippen LogP) is 4.40. The van der Waals surface area contributed by atoms with Crippen LogP contribution in [0.1, 0.15) is 47.2 Å². The first-order chi connectivity index (χ1) is 16.9. The number of hydrogen-bond acceptors (Lipinski definition) is 6. The molecule has 182 valence electrons. The summed E-state index contributed by atoms with van der Waals surface area (Å²) in [7, 11) is 0. The molecule has 0 unspecified atom stereocenters. The number of hydrogen-bond donors (Lipinski definition) is 1. The second-order valence-electron chi connectivity index (χ2n) is 8.42. The van der Waals surface area contributed by atoms with Gasteiger partial charge in [0.1, 0.15) is 18.9 Å². The number of nitrogens with zero attached hydrogens (tertiary/aromatic N) is 2. The van der Waals surface area contributed by atoms with Gasteiger partial charge in [-0.3, -0.25) is 19.3 Å². The maximum Gasteiger partial charge on any atom is 0.335 e. The summed E-state index contributed by atoms with van der Waals surface area (Å²) in [6.07, 6.45) is 5.72. The molecule has 4 rings (SSSR count). The molecule has 9 heteroatoms. The largest absolute Gasteiger partial charge is 0.489 e. The summed E-state index contributed by atoms with van der Waals surface area (Å²) in [6, 6.07) is 13.5. The average Bonchev–Trinajstić information content (AvgIpc) is 3.05. The Morgan fingerprint density at radius 2 is 1.60 bits per heavy atom. The van der Waals surface area contributed by atoms with Gasteiger partial charge in [-0.1, -0.05) is 37.1 Å². The van der Waals surface area contributed by atoms with Crippen LogP contribution in [0.2, 0.25) is 0 Å². The Bertz CT molecular complexity index is 1140. The van der Waals surface area contributed by atoms with Crippen LogP contribution in [0, 0.1) is 0 Å². The van der Waals surface area contributed by atoms with Gasteiger partial charge in [-0.25, -0.2) is 4.79 Å². The molecule has 35 heavy (non-hydrogen) atoms. The van der Waals surface area contributed by atoms with Crippen LogP contribution in [0.3, 0.4) is 0 Å². The molecule has 0 aromatic heterocycles. The monoisotopic (exact) mass is 494 g/mol. The summed E-state index contributed by atoms with van der Waals surface area (Å²) < 4.78 is 5.74. The molecule has 0 bridgehead atoms. The van der Waals surface area contributed by atoms with Gasteiger partial charge in [0.05, 0.1) is 10.5 Å². The highest BCUT2D eigenvalue weighted by Gasteiger charge is 2.37. The van der Waals surface area contributed by atoms with Gasteiger partial charge < -0.3 is 14.7 Å².